The van der Waals surface area contributed by atoms with E-state index in [0.717, 1.165) is 17.3 Å². The van der Waals surface area contributed by atoms with Crippen LogP contribution in [-0.2, 0) is 14.8 Å². The van der Waals surface area contributed by atoms with E-state index >= 15 is 0 Å². The van der Waals surface area contributed by atoms with Crippen LogP contribution in [0.5, 0.6) is 0 Å². The molecule has 1 saturated heterocycles. The fourth-order valence-electron chi connectivity index (χ4n) is 3.56. The van der Waals surface area contributed by atoms with E-state index in [2.05, 4.69) is 10.3 Å². The topological polar surface area (TPSA) is 123 Å². The average molecular weight is 473 g/mol. The number of nitro groups is 1. The van der Waals surface area contributed by atoms with Gasteiger partial charge in [-0.25, -0.2) is 13.4 Å². The lowest BCUT2D eigenvalue weighted by Crippen LogP contribution is -2.43. The lowest BCUT2D eigenvalue weighted by Gasteiger charge is -2.31. The highest BCUT2D eigenvalue weighted by atomic mass is 32.2. The molecule has 32 heavy (non-hydrogen) atoms. The molecule has 4 rings (SSSR count). The first-order valence-electron chi connectivity index (χ1n) is 9.91. The molecule has 0 radical (unpaired) electrons. The number of aromatic nitrogens is 1. The molecule has 0 spiro atoms. The number of carbonyl (C=O) groups is 1. The van der Waals surface area contributed by atoms with Gasteiger partial charge in [0.15, 0.2) is 5.13 Å². The van der Waals surface area contributed by atoms with Gasteiger partial charge >= 0.3 is 0 Å². The minimum Gasteiger partial charge on any atom is -0.302 e. The number of piperidine rings is 1. The average Bonchev–Trinajstić information content (AvgIpc) is 3.28. The smallest absolute Gasteiger partial charge is 0.270 e. The van der Waals surface area contributed by atoms with Gasteiger partial charge in [-0.05, 0) is 18.9 Å². The SMILES string of the molecule is O=C(Nc1nc(-c2ccccc2)cs1)[C@H]1CCCN(S(=O)(=O)c2cccc([N+](=O)[O-])c2)C1. The van der Waals surface area contributed by atoms with Crippen molar-refractivity contribution in [1.82, 2.24) is 9.29 Å². The fourth-order valence-corrected chi connectivity index (χ4v) is 5.85. The van der Waals surface area contributed by atoms with Gasteiger partial charge in [-0.1, -0.05) is 36.4 Å². The Kier molecular flexibility index (Phi) is 6.31. The van der Waals surface area contributed by atoms with Crippen LogP contribution in [0.3, 0.4) is 0 Å². The first-order valence-corrected chi connectivity index (χ1v) is 12.2. The lowest BCUT2D eigenvalue weighted by molar-refractivity contribution is -0.385. The Morgan fingerprint density at radius 1 is 1.19 bits per heavy atom. The number of nitrogens with zero attached hydrogens (tertiary/aromatic N) is 3. The Morgan fingerprint density at radius 2 is 1.97 bits per heavy atom. The van der Waals surface area contributed by atoms with Crippen molar-refractivity contribution in [2.45, 2.75) is 17.7 Å². The van der Waals surface area contributed by atoms with Crippen molar-refractivity contribution in [3.05, 3.63) is 70.1 Å². The Morgan fingerprint density at radius 3 is 2.72 bits per heavy atom. The molecule has 1 atom stereocenters. The van der Waals surface area contributed by atoms with E-state index in [4.69, 9.17) is 0 Å². The molecule has 0 aliphatic carbocycles. The molecule has 166 valence electrons. The van der Waals surface area contributed by atoms with Gasteiger partial charge in [-0.2, -0.15) is 4.31 Å². The summed E-state index contributed by atoms with van der Waals surface area (Å²) in [7, 11) is -3.95. The predicted molar refractivity (Wildman–Crippen MR) is 121 cm³/mol. The van der Waals surface area contributed by atoms with Crippen LogP contribution in [-0.4, -0.2) is 41.6 Å². The molecule has 1 aliphatic rings. The third-order valence-electron chi connectivity index (χ3n) is 5.22. The number of sulfonamides is 1. The summed E-state index contributed by atoms with van der Waals surface area (Å²) in [5.41, 5.74) is 1.40. The summed E-state index contributed by atoms with van der Waals surface area (Å²) >= 11 is 1.31. The zero-order chi connectivity index (χ0) is 22.7. The predicted octanol–water partition coefficient (Wildman–Crippen LogP) is 3.76. The number of anilines is 1. The molecule has 2 heterocycles. The van der Waals surface area contributed by atoms with Gasteiger partial charge in [0.2, 0.25) is 15.9 Å². The Labute approximate surface area is 188 Å². The van der Waals surface area contributed by atoms with Crippen LogP contribution >= 0.6 is 11.3 Å². The van der Waals surface area contributed by atoms with Crippen LogP contribution in [0.1, 0.15) is 12.8 Å². The van der Waals surface area contributed by atoms with Crippen LogP contribution in [0.4, 0.5) is 10.8 Å². The van der Waals surface area contributed by atoms with Gasteiger partial charge in [0.05, 0.1) is 21.4 Å². The monoisotopic (exact) mass is 472 g/mol. The fraction of sp³-hybridized carbons (Fsp3) is 0.238. The lowest BCUT2D eigenvalue weighted by atomic mass is 9.99. The molecule has 11 heteroatoms. The molecule has 1 aliphatic heterocycles. The molecule has 1 fully saturated rings. The highest BCUT2D eigenvalue weighted by molar-refractivity contribution is 7.89. The van der Waals surface area contributed by atoms with Crippen LogP contribution in [0.2, 0.25) is 0 Å². The second-order valence-corrected chi connectivity index (χ2v) is 10.1. The van der Waals surface area contributed by atoms with E-state index in [-0.39, 0.29) is 29.6 Å². The summed E-state index contributed by atoms with van der Waals surface area (Å²) in [6, 6.07) is 14.5. The highest BCUT2D eigenvalue weighted by Gasteiger charge is 2.34. The van der Waals surface area contributed by atoms with Gasteiger partial charge in [0.25, 0.3) is 5.69 Å². The maximum atomic E-state index is 13.0. The number of non-ortho nitro benzene ring substituents is 1. The van der Waals surface area contributed by atoms with E-state index in [1.165, 1.54) is 33.8 Å². The highest BCUT2D eigenvalue weighted by Crippen LogP contribution is 2.28. The molecule has 9 nitrogen and oxygen atoms in total. The normalized spacial score (nSPS) is 17.1. The minimum absolute atomic E-state index is 0.00771. The Balaban J connectivity index is 1.46. The van der Waals surface area contributed by atoms with Crippen molar-refractivity contribution in [3.8, 4) is 11.3 Å². The molecule has 2 aromatic carbocycles. The second kappa shape index (κ2) is 9.15. The van der Waals surface area contributed by atoms with Crippen molar-refractivity contribution in [1.29, 1.82) is 0 Å². The van der Waals surface area contributed by atoms with Gasteiger partial charge < -0.3 is 5.32 Å². The largest absolute Gasteiger partial charge is 0.302 e. The number of hydrogen-bond donors (Lipinski definition) is 1. The molecule has 0 bridgehead atoms. The zero-order valence-corrected chi connectivity index (χ0v) is 18.5. The van der Waals surface area contributed by atoms with Gasteiger partial charge in [0, 0.05) is 36.2 Å². The Bertz CT molecular complexity index is 1240. The van der Waals surface area contributed by atoms with Crippen molar-refractivity contribution >= 4 is 38.1 Å². The van der Waals surface area contributed by atoms with Crippen LogP contribution < -0.4 is 5.32 Å². The van der Waals surface area contributed by atoms with E-state index in [1.54, 1.807) is 0 Å². The zero-order valence-electron chi connectivity index (χ0n) is 16.9. The summed E-state index contributed by atoms with van der Waals surface area (Å²) in [4.78, 5) is 27.5. The number of hydrogen-bond acceptors (Lipinski definition) is 7. The van der Waals surface area contributed by atoms with Crippen molar-refractivity contribution in [3.63, 3.8) is 0 Å². The second-order valence-electron chi connectivity index (χ2n) is 7.35. The van der Waals surface area contributed by atoms with E-state index in [1.807, 2.05) is 35.7 Å². The molecule has 0 saturated carbocycles. The summed E-state index contributed by atoms with van der Waals surface area (Å²) in [5, 5.41) is 16.1. The first-order chi connectivity index (χ1) is 15.3. The molecule has 0 unspecified atom stereocenters. The number of rotatable bonds is 6. The van der Waals surface area contributed by atoms with Crippen LogP contribution in [0, 0.1) is 16.0 Å². The number of thiazole rings is 1. The number of nitro benzene ring substituents is 1. The number of nitrogens with one attached hydrogen (secondary N) is 1. The van der Waals surface area contributed by atoms with Crippen LogP contribution in [0.25, 0.3) is 11.3 Å². The maximum Gasteiger partial charge on any atom is 0.270 e. The maximum absolute atomic E-state index is 13.0. The summed E-state index contributed by atoms with van der Waals surface area (Å²) < 4.78 is 27.2. The van der Waals surface area contributed by atoms with Gasteiger partial charge in [-0.15, -0.1) is 11.3 Å². The van der Waals surface area contributed by atoms with Crippen molar-refractivity contribution in [2.75, 3.05) is 18.4 Å². The molecule has 1 aromatic heterocycles. The van der Waals surface area contributed by atoms with E-state index in [0.29, 0.717) is 18.0 Å². The molecule has 1 N–H and O–H groups in total. The first kappa shape index (κ1) is 22.1. The third-order valence-corrected chi connectivity index (χ3v) is 7.84. The Hall–Kier alpha value is -3.15. The van der Waals surface area contributed by atoms with Crippen LogP contribution in [0.15, 0.2) is 64.9 Å². The van der Waals surface area contributed by atoms with E-state index in [9.17, 15) is 23.3 Å². The quantitative estimate of drug-likeness (QED) is 0.430. The van der Waals surface area contributed by atoms with Crippen molar-refractivity contribution < 1.29 is 18.1 Å². The molecular weight excluding hydrogens is 452 g/mol. The van der Waals surface area contributed by atoms with E-state index < -0.39 is 20.9 Å². The summed E-state index contributed by atoms with van der Waals surface area (Å²) in [6.45, 7) is 0.262. The summed E-state index contributed by atoms with van der Waals surface area (Å²) in [5.74, 6) is -0.834. The molecule has 1 amide bonds. The minimum atomic E-state index is -3.95. The third kappa shape index (κ3) is 4.69. The number of benzene rings is 2. The van der Waals surface area contributed by atoms with Gasteiger partial charge in [0.1, 0.15) is 0 Å². The van der Waals surface area contributed by atoms with Gasteiger partial charge in [-0.3, -0.25) is 14.9 Å². The number of carbonyl (C=O) groups excluding carboxylic acids is 1. The molecular formula is C21H20N4O5S2. The molecule has 3 aromatic rings. The number of amides is 1. The van der Waals surface area contributed by atoms with Crippen molar-refractivity contribution in [2.24, 2.45) is 5.92 Å². The summed E-state index contributed by atoms with van der Waals surface area (Å²) in [6.07, 6.45) is 1.06. The standard InChI is InChI=1S/C21H20N4O5S2/c26-20(23-21-22-19(14-31-21)15-6-2-1-3-7-15)16-8-5-11-24(13-16)32(29,30)18-10-4-9-17(12-18)25(27)28/h1-4,6-7,9-10,12,14,16H,5,8,11,13H2,(H,22,23,26)/t16-/m0/s1.